The summed E-state index contributed by atoms with van der Waals surface area (Å²) in [5, 5.41) is 9.33. The van der Waals surface area contributed by atoms with Crippen molar-refractivity contribution in [3.63, 3.8) is 0 Å². The van der Waals surface area contributed by atoms with E-state index in [1.54, 1.807) is 4.90 Å². The second kappa shape index (κ2) is 6.59. The number of halogens is 3. The molecule has 1 aliphatic carbocycles. The highest BCUT2D eigenvalue weighted by atomic mass is 19.4. The summed E-state index contributed by atoms with van der Waals surface area (Å²) >= 11 is 0. The minimum atomic E-state index is -4.55. The van der Waals surface area contributed by atoms with Crippen LogP contribution in [-0.2, 0) is 6.54 Å². The first-order valence-electron chi connectivity index (χ1n) is 6.99. The van der Waals surface area contributed by atoms with Gasteiger partial charge in [0.2, 0.25) is 0 Å². The lowest BCUT2D eigenvalue weighted by Crippen LogP contribution is -2.44. The summed E-state index contributed by atoms with van der Waals surface area (Å²) in [6.45, 7) is 0.113. The quantitative estimate of drug-likeness (QED) is 0.897. The third-order valence-corrected chi connectivity index (χ3v) is 3.85. The minimum Gasteiger partial charge on any atom is -0.382 e. The van der Waals surface area contributed by atoms with E-state index in [0.717, 1.165) is 31.2 Å². The SMILES string of the molecule is OC(CN(Cc1ccccc1)C1CCCC1)C(F)(F)F. The molecule has 1 N–H and O–H groups in total. The molecule has 20 heavy (non-hydrogen) atoms. The van der Waals surface area contributed by atoms with Crippen molar-refractivity contribution in [2.75, 3.05) is 6.54 Å². The Morgan fingerprint density at radius 3 is 2.30 bits per heavy atom. The fourth-order valence-electron chi connectivity index (χ4n) is 2.76. The molecule has 0 aliphatic heterocycles. The molecule has 112 valence electrons. The number of rotatable bonds is 5. The molecule has 1 aromatic carbocycles. The molecule has 1 atom stereocenters. The smallest absolute Gasteiger partial charge is 0.382 e. The van der Waals surface area contributed by atoms with Crippen LogP contribution >= 0.6 is 0 Å². The molecule has 1 saturated carbocycles. The Hall–Kier alpha value is -1.07. The van der Waals surface area contributed by atoms with Crippen molar-refractivity contribution in [1.29, 1.82) is 0 Å². The molecular weight excluding hydrogens is 267 g/mol. The van der Waals surface area contributed by atoms with E-state index < -0.39 is 12.3 Å². The topological polar surface area (TPSA) is 23.5 Å². The summed E-state index contributed by atoms with van der Waals surface area (Å²) in [4.78, 5) is 1.78. The summed E-state index contributed by atoms with van der Waals surface area (Å²) in [6, 6.07) is 9.59. The highest BCUT2D eigenvalue weighted by Crippen LogP contribution is 2.28. The first-order chi connectivity index (χ1) is 9.47. The van der Waals surface area contributed by atoms with Crippen LogP contribution in [0.5, 0.6) is 0 Å². The second-order valence-electron chi connectivity index (χ2n) is 5.41. The van der Waals surface area contributed by atoms with Crippen LogP contribution in [0.1, 0.15) is 31.2 Å². The van der Waals surface area contributed by atoms with Crippen LogP contribution in [0.4, 0.5) is 13.2 Å². The number of hydrogen-bond donors (Lipinski definition) is 1. The molecular formula is C15H20F3NO. The Labute approximate surface area is 117 Å². The number of hydrogen-bond acceptors (Lipinski definition) is 2. The summed E-state index contributed by atoms with van der Waals surface area (Å²) in [5.41, 5.74) is 0.980. The average Bonchev–Trinajstić information content (AvgIpc) is 2.92. The average molecular weight is 287 g/mol. The van der Waals surface area contributed by atoms with Crippen molar-refractivity contribution >= 4 is 0 Å². The Balaban J connectivity index is 2.04. The number of alkyl halides is 3. The van der Waals surface area contributed by atoms with Gasteiger partial charge in [-0.15, -0.1) is 0 Å². The van der Waals surface area contributed by atoms with E-state index in [1.807, 2.05) is 30.3 Å². The largest absolute Gasteiger partial charge is 0.415 e. The maximum Gasteiger partial charge on any atom is 0.415 e. The van der Waals surface area contributed by atoms with Crippen LogP contribution in [0.2, 0.25) is 0 Å². The lowest BCUT2D eigenvalue weighted by Gasteiger charge is -2.31. The molecule has 5 heteroatoms. The summed E-state index contributed by atoms with van der Waals surface area (Å²) in [5.74, 6) is 0. The van der Waals surface area contributed by atoms with E-state index in [4.69, 9.17) is 0 Å². The van der Waals surface area contributed by atoms with Crippen molar-refractivity contribution in [3.05, 3.63) is 35.9 Å². The Morgan fingerprint density at radius 1 is 1.15 bits per heavy atom. The van der Waals surface area contributed by atoms with Crippen LogP contribution in [-0.4, -0.2) is 34.9 Å². The van der Waals surface area contributed by atoms with Gasteiger partial charge in [0.25, 0.3) is 0 Å². The Kier molecular flexibility index (Phi) is 5.05. The second-order valence-corrected chi connectivity index (χ2v) is 5.41. The van der Waals surface area contributed by atoms with Gasteiger partial charge in [-0.3, -0.25) is 4.90 Å². The number of aliphatic hydroxyl groups excluding tert-OH is 1. The lowest BCUT2D eigenvalue weighted by atomic mass is 10.1. The molecule has 2 nitrogen and oxygen atoms in total. The maximum absolute atomic E-state index is 12.6. The monoisotopic (exact) mass is 287 g/mol. The van der Waals surface area contributed by atoms with Gasteiger partial charge < -0.3 is 5.11 Å². The number of benzene rings is 1. The van der Waals surface area contributed by atoms with Gasteiger partial charge in [0.05, 0.1) is 0 Å². The molecule has 2 rings (SSSR count). The highest BCUT2D eigenvalue weighted by Gasteiger charge is 2.40. The van der Waals surface area contributed by atoms with Crippen molar-refractivity contribution in [2.45, 2.75) is 50.6 Å². The predicted molar refractivity (Wildman–Crippen MR) is 71.2 cm³/mol. The minimum absolute atomic E-state index is 0.146. The zero-order chi connectivity index (χ0) is 14.6. The van der Waals surface area contributed by atoms with Gasteiger partial charge in [-0.1, -0.05) is 43.2 Å². The van der Waals surface area contributed by atoms with Crippen molar-refractivity contribution < 1.29 is 18.3 Å². The van der Waals surface area contributed by atoms with Crippen LogP contribution in [0.25, 0.3) is 0 Å². The van der Waals surface area contributed by atoms with Crippen molar-refractivity contribution in [1.82, 2.24) is 4.90 Å². The van der Waals surface area contributed by atoms with Crippen LogP contribution < -0.4 is 0 Å². The van der Waals surface area contributed by atoms with Crippen LogP contribution in [0, 0.1) is 0 Å². The van der Waals surface area contributed by atoms with Gasteiger partial charge in [0, 0.05) is 19.1 Å². The van der Waals surface area contributed by atoms with E-state index in [2.05, 4.69) is 0 Å². The number of nitrogens with zero attached hydrogens (tertiary/aromatic N) is 1. The third kappa shape index (κ3) is 4.21. The van der Waals surface area contributed by atoms with Gasteiger partial charge in [-0.25, -0.2) is 0 Å². The van der Waals surface area contributed by atoms with Crippen molar-refractivity contribution in [3.8, 4) is 0 Å². The molecule has 1 fully saturated rings. The van der Waals surface area contributed by atoms with E-state index in [1.165, 1.54) is 0 Å². The summed E-state index contributed by atoms with van der Waals surface area (Å²) in [7, 11) is 0. The van der Waals surface area contributed by atoms with Gasteiger partial charge in [0.1, 0.15) is 0 Å². The first kappa shape index (κ1) is 15.3. The standard InChI is InChI=1S/C15H20F3NO/c16-15(17,18)14(20)11-19(13-8-4-5-9-13)10-12-6-2-1-3-7-12/h1-3,6-7,13-14,20H,4-5,8-11H2. The Bertz CT molecular complexity index is 401. The Morgan fingerprint density at radius 2 is 1.75 bits per heavy atom. The molecule has 1 unspecified atom stereocenters. The third-order valence-electron chi connectivity index (χ3n) is 3.85. The lowest BCUT2D eigenvalue weighted by molar-refractivity contribution is -0.209. The van der Waals surface area contributed by atoms with Crippen LogP contribution in [0.3, 0.4) is 0 Å². The summed E-state index contributed by atoms with van der Waals surface area (Å²) < 4.78 is 37.7. The zero-order valence-electron chi connectivity index (χ0n) is 11.3. The fourth-order valence-corrected chi connectivity index (χ4v) is 2.76. The van der Waals surface area contributed by atoms with Gasteiger partial charge in [-0.2, -0.15) is 13.2 Å². The first-order valence-corrected chi connectivity index (χ1v) is 6.99. The van der Waals surface area contributed by atoms with E-state index in [-0.39, 0.29) is 12.6 Å². The zero-order valence-corrected chi connectivity index (χ0v) is 11.3. The van der Waals surface area contributed by atoms with E-state index in [0.29, 0.717) is 6.54 Å². The molecule has 0 amide bonds. The molecule has 1 aromatic rings. The normalized spacial score (nSPS) is 18.6. The van der Waals surface area contributed by atoms with Crippen LogP contribution in [0.15, 0.2) is 30.3 Å². The van der Waals surface area contributed by atoms with Gasteiger partial charge in [0.15, 0.2) is 6.10 Å². The van der Waals surface area contributed by atoms with Gasteiger partial charge in [-0.05, 0) is 18.4 Å². The predicted octanol–water partition coefficient (Wildman–Crippen LogP) is 3.35. The molecule has 0 heterocycles. The molecule has 0 radical (unpaired) electrons. The number of aliphatic hydroxyl groups is 1. The molecule has 0 bridgehead atoms. The fraction of sp³-hybridized carbons (Fsp3) is 0.600. The molecule has 0 aromatic heterocycles. The molecule has 0 saturated heterocycles. The van der Waals surface area contributed by atoms with Gasteiger partial charge >= 0.3 is 6.18 Å². The highest BCUT2D eigenvalue weighted by molar-refractivity contribution is 5.14. The summed E-state index contributed by atoms with van der Waals surface area (Å²) in [6.07, 6.45) is -2.88. The molecule has 0 spiro atoms. The maximum atomic E-state index is 12.6. The molecule has 1 aliphatic rings. The van der Waals surface area contributed by atoms with Crippen molar-refractivity contribution in [2.24, 2.45) is 0 Å². The van der Waals surface area contributed by atoms with E-state index in [9.17, 15) is 18.3 Å². The van der Waals surface area contributed by atoms with E-state index >= 15 is 0 Å².